The van der Waals surface area contributed by atoms with Crippen molar-refractivity contribution in [3.8, 4) is 0 Å². The van der Waals surface area contributed by atoms with Crippen molar-refractivity contribution in [1.29, 1.82) is 0 Å². The van der Waals surface area contributed by atoms with E-state index in [1.807, 2.05) is 54.6 Å². The summed E-state index contributed by atoms with van der Waals surface area (Å²) in [4.78, 5) is 14.0. The molecule has 0 atom stereocenters. The van der Waals surface area contributed by atoms with Crippen molar-refractivity contribution in [2.24, 2.45) is 0 Å². The van der Waals surface area contributed by atoms with Gasteiger partial charge in [0.1, 0.15) is 30.2 Å². The molecule has 3 nitrogen and oxygen atoms in total. The molecule has 1 aliphatic rings. The van der Waals surface area contributed by atoms with E-state index in [1.54, 1.807) is 35.3 Å². The SMILES string of the molecule is F[PH+](F)F.[Ag].c1cc2nc(c1)Sc1cccc(n1)Sc1cccc(n1)S2. The third-order valence-corrected chi connectivity index (χ3v) is 5.34. The molecule has 6 bridgehead atoms. The second-order valence-electron chi connectivity index (χ2n) is 4.46. The van der Waals surface area contributed by atoms with Crippen molar-refractivity contribution in [1.82, 2.24) is 15.0 Å². The van der Waals surface area contributed by atoms with Gasteiger partial charge in [-0.15, -0.1) is 0 Å². The molecule has 0 spiro atoms. The number of rotatable bonds is 0. The van der Waals surface area contributed by atoms with Gasteiger partial charge >= 0.3 is 8.85 Å². The van der Waals surface area contributed by atoms with E-state index in [-0.39, 0.29) is 22.4 Å². The predicted octanol–water partition coefficient (Wildman–Crippen LogP) is 6.49. The molecule has 1 aliphatic heterocycles. The molecular weight excluding hydrogens is 514 g/mol. The molecule has 26 heavy (non-hydrogen) atoms. The van der Waals surface area contributed by atoms with Gasteiger partial charge in [0, 0.05) is 35.0 Å². The van der Waals surface area contributed by atoms with Crippen molar-refractivity contribution in [2.45, 2.75) is 30.2 Å². The third kappa shape index (κ3) is 6.88. The molecule has 0 amide bonds. The minimum Gasteiger partial charge on any atom is -0.234 e. The van der Waals surface area contributed by atoms with Crippen molar-refractivity contribution >= 4 is 44.1 Å². The summed E-state index contributed by atoms with van der Waals surface area (Å²) >= 11 is 4.75. The van der Waals surface area contributed by atoms with Gasteiger partial charge in [0.25, 0.3) is 0 Å². The second kappa shape index (κ2) is 10.7. The fourth-order valence-corrected chi connectivity index (χ4v) is 4.41. The van der Waals surface area contributed by atoms with Crippen LogP contribution in [0, 0.1) is 0 Å². The van der Waals surface area contributed by atoms with Crippen LogP contribution < -0.4 is 0 Å². The summed E-state index contributed by atoms with van der Waals surface area (Å²) in [6.07, 6.45) is 0. The molecule has 0 N–H and O–H groups in total. The van der Waals surface area contributed by atoms with Gasteiger partial charge in [-0.05, 0) is 36.4 Å². The van der Waals surface area contributed by atoms with Gasteiger partial charge in [-0.1, -0.05) is 53.5 Å². The van der Waals surface area contributed by atoms with E-state index in [0.29, 0.717) is 0 Å². The fourth-order valence-electron chi connectivity index (χ4n) is 1.85. The normalized spacial score (nSPS) is 12.0. The fraction of sp³-hybridized carbons (Fsp3) is 0. The Balaban J connectivity index is 0.000000444. The minimum atomic E-state index is -4.38. The average Bonchev–Trinajstić information content (AvgIpc) is 2.54. The second-order valence-corrected chi connectivity index (χ2v) is 8.01. The van der Waals surface area contributed by atoms with Crippen LogP contribution in [0.4, 0.5) is 12.6 Å². The summed E-state index contributed by atoms with van der Waals surface area (Å²) in [5.41, 5.74) is 0. The number of pyridine rings is 3. The molecule has 0 aliphatic carbocycles. The molecule has 139 valence electrons. The van der Waals surface area contributed by atoms with Crippen LogP contribution in [-0.4, -0.2) is 15.0 Å². The van der Waals surface area contributed by atoms with Gasteiger partial charge in [0.2, 0.25) is 0 Å². The zero-order valence-corrected chi connectivity index (χ0v) is 17.6. The van der Waals surface area contributed by atoms with E-state index >= 15 is 0 Å². The third-order valence-electron chi connectivity index (χ3n) is 2.72. The van der Waals surface area contributed by atoms with Crippen molar-refractivity contribution < 1.29 is 35.0 Å². The Morgan fingerprint density at radius 1 is 0.538 bits per heavy atom. The van der Waals surface area contributed by atoms with Gasteiger partial charge in [-0.3, -0.25) is 0 Å². The van der Waals surface area contributed by atoms with Gasteiger partial charge in [-0.25, -0.2) is 15.0 Å². The van der Waals surface area contributed by atoms with E-state index in [0.717, 1.165) is 30.2 Å². The molecule has 4 rings (SSSR count). The zero-order chi connectivity index (χ0) is 17.6. The summed E-state index contributed by atoms with van der Waals surface area (Å²) < 4.78 is 29.3. The van der Waals surface area contributed by atoms with Crippen LogP contribution in [0.15, 0.2) is 84.8 Å². The van der Waals surface area contributed by atoms with E-state index in [9.17, 15) is 12.6 Å². The predicted molar refractivity (Wildman–Crippen MR) is 96.7 cm³/mol. The van der Waals surface area contributed by atoms with E-state index in [4.69, 9.17) is 0 Å². The Kier molecular flexibility index (Phi) is 8.96. The Bertz CT molecular complexity index is 713. The Morgan fingerprint density at radius 3 is 0.923 bits per heavy atom. The monoisotopic (exact) mass is 523 g/mol. The maximum absolute atomic E-state index is 9.77. The molecule has 0 saturated carbocycles. The number of fused-ring (bicyclic) bond motifs is 6. The Morgan fingerprint density at radius 2 is 0.731 bits per heavy atom. The molecule has 3 aromatic heterocycles. The molecule has 0 fully saturated rings. The molecule has 0 aromatic carbocycles. The zero-order valence-electron chi connectivity index (χ0n) is 12.7. The van der Waals surface area contributed by atoms with Crippen molar-refractivity contribution in [3.05, 3.63) is 54.6 Å². The summed E-state index contributed by atoms with van der Waals surface area (Å²) in [5.74, 6) is 0. The van der Waals surface area contributed by atoms with Crippen LogP contribution in [0.1, 0.15) is 0 Å². The smallest absolute Gasteiger partial charge is 0.234 e. The number of hydrogen-bond donors (Lipinski definition) is 0. The Hall–Kier alpha value is -0.540. The number of nitrogens with zero attached hydrogens (tertiary/aromatic N) is 3. The molecule has 1 radical (unpaired) electrons. The van der Waals surface area contributed by atoms with Crippen LogP contribution >= 0.6 is 44.1 Å². The maximum atomic E-state index is 9.77. The summed E-state index contributed by atoms with van der Waals surface area (Å²) in [6.45, 7) is 0. The van der Waals surface area contributed by atoms with Crippen LogP contribution in [0.5, 0.6) is 0 Å². The van der Waals surface area contributed by atoms with Crippen molar-refractivity contribution in [3.63, 3.8) is 0 Å². The largest absolute Gasteiger partial charge is 0.558 e. The minimum absolute atomic E-state index is 0. The first kappa shape index (κ1) is 21.8. The van der Waals surface area contributed by atoms with Crippen LogP contribution in [0.3, 0.4) is 0 Å². The first-order chi connectivity index (χ1) is 12.1. The van der Waals surface area contributed by atoms with Gasteiger partial charge < -0.3 is 0 Å². The van der Waals surface area contributed by atoms with Gasteiger partial charge in [-0.2, -0.15) is 0 Å². The van der Waals surface area contributed by atoms with E-state index in [2.05, 4.69) is 15.0 Å². The first-order valence-corrected chi connectivity index (χ1v) is 10.4. The van der Waals surface area contributed by atoms with Crippen LogP contribution in [0.2, 0.25) is 0 Å². The number of aromatic nitrogens is 3. The summed E-state index contributed by atoms with van der Waals surface area (Å²) in [5, 5.41) is 5.70. The quantitative estimate of drug-likeness (QED) is 0.194. The van der Waals surface area contributed by atoms with Gasteiger partial charge in [0.15, 0.2) is 0 Å². The Labute approximate surface area is 178 Å². The van der Waals surface area contributed by atoms with Crippen molar-refractivity contribution in [2.75, 3.05) is 0 Å². The first-order valence-electron chi connectivity index (χ1n) is 6.87. The molecule has 0 saturated heterocycles. The molecular formula is C15H10AgF3N3PS3+. The molecule has 4 heterocycles. The summed E-state index contributed by atoms with van der Waals surface area (Å²) in [6, 6.07) is 18.1. The molecule has 3 aromatic rings. The average molecular weight is 524 g/mol. The van der Waals surface area contributed by atoms with E-state index < -0.39 is 8.85 Å². The molecule has 0 unspecified atom stereocenters. The van der Waals surface area contributed by atoms with E-state index in [1.165, 1.54) is 0 Å². The number of halogens is 3. The maximum Gasteiger partial charge on any atom is 0.558 e. The summed E-state index contributed by atoms with van der Waals surface area (Å²) in [7, 11) is -4.38. The van der Waals surface area contributed by atoms with Gasteiger partial charge in [0.05, 0.1) is 0 Å². The standard InChI is InChI=1S/C15H9N3S3.Ag.F3HP/c1-4-10-16-11(5-1)20-13-7-3-9-15(18-13)21-14-8-2-6-12(17-14)19-10;;1-4(2)3/h1-9H;;4H/q;;+1. The van der Waals surface area contributed by atoms with Crippen LogP contribution in [0.25, 0.3) is 0 Å². The molecule has 11 heteroatoms. The van der Waals surface area contributed by atoms with Crippen LogP contribution in [-0.2, 0) is 22.4 Å². The topological polar surface area (TPSA) is 38.7 Å². The number of hydrogen-bond acceptors (Lipinski definition) is 6.